The van der Waals surface area contributed by atoms with E-state index in [1.165, 1.54) is 0 Å². The van der Waals surface area contributed by atoms with Crippen LogP contribution >= 0.6 is 0 Å². The van der Waals surface area contributed by atoms with Gasteiger partial charge in [0.05, 0.1) is 5.69 Å². The van der Waals surface area contributed by atoms with Gasteiger partial charge in [-0.2, -0.15) is 0 Å². The Kier molecular flexibility index (Phi) is 4.84. The van der Waals surface area contributed by atoms with E-state index in [-0.39, 0.29) is 6.54 Å². The molecule has 1 N–H and O–H groups in total. The van der Waals surface area contributed by atoms with Crippen LogP contribution < -0.4 is 4.90 Å². The Morgan fingerprint density at radius 3 is 2.47 bits per heavy atom. The first-order chi connectivity index (χ1) is 8.00. The highest BCUT2D eigenvalue weighted by Crippen LogP contribution is 2.12. The van der Waals surface area contributed by atoms with Gasteiger partial charge in [0.2, 0.25) is 0 Å². The normalized spacial score (nSPS) is 10.6. The first-order valence-corrected chi connectivity index (χ1v) is 5.39. The van der Waals surface area contributed by atoms with Crippen molar-refractivity contribution in [3.63, 3.8) is 0 Å². The van der Waals surface area contributed by atoms with E-state index >= 15 is 0 Å². The molecular formula is C11H18N4O2. The summed E-state index contributed by atoms with van der Waals surface area (Å²) in [6, 6.07) is 0. The fourth-order valence-electron chi connectivity index (χ4n) is 1.45. The predicted octanol–water partition coefficient (Wildman–Crippen LogP) is 0.238. The molecule has 0 fully saturated rings. The number of carbonyl (C=O) groups is 1. The Balaban J connectivity index is 2.82. The van der Waals surface area contributed by atoms with Gasteiger partial charge in [-0.05, 0) is 21.0 Å². The molecule has 0 atom stereocenters. The number of carboxylic acids is 1. The summed E-state index contributed by atoms with van der Waals surface area (Å²) in [4.78, 5) is 22.9. The van der Waals surface area contributed by atoms with Crippen LogP contribution in [0, 0.1) is 6.92 Å². The largest absolute Gasteiger partial charge is 0.480 e. The highest BCUT2D eigenvalue weighted by atomic mass is 16.4. The second-order valence-corrected chi connectivity index (χ2v) is 4.08. The Morgan fingerprint density at radius 1 is 1.29 bits per heavy atom. The maximum atomic E-state index is 10.8. The Hall–Kier alpha value is -1.69. The molecule has 0 aliphatic carbocycles. The molecule has 1 aromatic heterocycles. The van der Waals surface area contributed by atoms with Gasteiger partial charge in [-0.15, -0.1) is 0 Å². The SMILES string of the molecule is Cc1nccnc1N(CCN(C)C)CC(=O)O. The van der Waals surface area contributed by atoms with Crippen LogP contribution in [0.15, 0.2) is 12.4 Å². The molecule has 0 spiro atoms. The number of anilines is 1. The van der Waals surface area contributed by atoms with Crippen molar-refractivity contribution >= 4 is 11.8 Å². The van der Waals surface area contributed by atoms with Crippen LogP contribution in [-0.4, -0.2) is 59.7 Å². The minimum atomic E-state index is -0.867. The molecule has 0 unspecified atom stereocenters. The van der Waals surface area contributed by atoms with Gasteiger partial charge >= 0.3 is 5.97 Å². The van der Waals surface area contributed by atoms with Crippen molar-refractivity contribution in [1.82, 2.24) is 14.9 Å². The summed E-state index contributed by atoms with van der Waals surface area (Å²) in [6.07, 6.45) is 3.18. The predicted molar refractivity (Wildman–Crippen MR) is 65.2 cm³/mol. The maximum Gasteiger partial charge on any atom is 0.323 e. The van der Waals surface area contributed by atoms with Gasteiger partial charge in [0, 0.05) is 25.5 Å². The van der Waals surface area contributed by atoms with Crippen LogP contribution in [0.25, 0.3) is 0 Å². The van der Waals surface area contributed by atoms with Gasteiger partial charge in [0.15, 0.2) is 5.82 Å². The molecule has 0 amide bonds. The third-order valence-corrected chi connectivity index (χ3v) is 2.30. The van der Waals surface area contributed by atoms with Crippen LogP contribution in [0.3, 0.4) is 0 Å². The minimum Gasteiger partial charge on any atom is -0.480 e. The topological polar surface area (TPSA) is 69.6 Å². The molecule has 0 saturated carbocycles. The second-order valence-electron chi connectivity index (χ2n) is 4.08. The van der Waals surface area contributed by atoms with Crippen molar-refractivity contribution < 1.29 is 9.90 Å². The molecule has 17 heavy (non-hydrogen) atoms. The highest BCUT2D eigenvalue weighted by Gasteiger charge is 2.14. The summed E-state index contributed by atoms with van der Waals surface area (Å²) >= 11 is 0. The van der Waals surface area contributed by atoms with E-state index in [0.717, 1.165) is 12.2 Å². The molecule has 1 heterocycles. The van der Waals surface area contributed by atoms with Crippen molar-refractivity contribution in [2.45, 2.75) is 6.92 Å². The van der Waals surface area contributed by atoms with Crippen LogP contribution in [0.4, 0.5) is 5.82 Å². The number of aryl methyl sites for hydroxylation is 1. The number of carboxylic acid groups (broad SMARTS) is 1. The fourth-order valence-corrected chi connectivity index (χ4v) is 1.45. The molecule has 94 valence electrons. The number of likely N-dealkylation sites (N-methyl/N-ethyl adjacent to an activating group) is 1. The fraction of sp³-hybridized carbons (Fsp3) is 0.545. The van der Waals surface area contributed by atoms with Crippen molar-refractivity contribution in [1.29, 1.82) is 0 Å². The van der Waals surface area contributed by atoms with E-state index in [0.29, 0.717) is 12.4 Å². The first-order valence-electron chi connectivity index (χ1n) is 5.39. The number of aliphatic carboxylic acids is 1. The summed E-state index contributed by atoms with van der Waals surface area (Å²) in [6.45, 7) is 3.14. The van der Waals surface area contributed by atoms with Gasteiger partial charge in [-0.3, -0.25) is 9.78 Å². The zero-order valence-electron chi connectivity index (χ0n) is 10.4. The molecule has 1 rings (SSSR count). The average Bonchev–Trinajstić information content (AvgIpc) is 2.24. The zero-order chi connectivity index (χ0) is 12.8. The quantitative estimate of drug-likeness (QED) is 0.765. The number of hydrogen-bond acceptors (Lipinski definition) is 5. The average molecular weight is 238 g/mol. The van der Waals surface area contributed by atoms with Crippen molar-refractivity contribution in [3.05, 3.63) is 18.1 Å². The van der Waals surface area contributed by atoms with Gasteiger partial charge in [0.1, 0.15) is 6.54 Å². The van der Waals surface area contributed by atoms with E-state index in [1.807, 2.05) is 25.9 Å². The minimum absolute atomic E-state index is 0.0621. The molecule has 0 aliphatic heterocycles. The van der Waals surface area contributed by atoms with E-state index in [4.69, 9.17) is 5.11 Å². The van der Waals surface area contributed by atoms with Crippen molar-refractivity contribution in [2.24, 2.45) is 0 Å². The lowest BCUT2D eigenvalue weighted by Crippen LogP contribution is -2.36. The number of nitrogens with zero attached hydrogens (tertiary/aromatic N) is 4. The van der Waals surface area contributed by atoms with Crippen LogP contribution in [0.2, 0.25) is 0 Å². The molecule has 0 bridgehead atoms. The molecule has 6 heteroatoms. The summed E-state index contributed by atoms with van der Waals surface area (Å²) in [5, 5.41) is 8.90. The smallest absolute Gasteiger partial charge is 0.323 e. The number of rotatable bonds is 6. The molecular weight excluding hydrogens is 220 g/mol. The van der Waals surface area contributed by atoms with E-state index in [1.54, 1.807) is 17.3 Å². The molecule has 1 aromatic rings. The van der Waals surface area contributed by atoms with E-state index < -0.39 is 5.97 Å². The molecule has 6 nitrogen and oxygen atoms in total. The summed E-state index contributed by atoms with van der Waals surface area (Å²) < 4.78 is 0. The molecule has 0 aliphatic rings. The van der Waals surface area contributed by atoms with Crippen molar-refractivity contribution in [3.8, 4) is 0 Å². The Bertz CT molecular complexity index is 381. The van der Waals surface area contributed by atoms with E-state index in [9.17, 15) is 4.79 Å². The first kappa shape index (κ1) is 13.4. The van der Waals surface area contributed by atoms with Gasteiger partial charge < -0.3 is 14.9 Å². The summed E-state index contributed by atoms with van der Waals surface area (Å²) in [7, 11) is 3.89. The monoisotopic (exact) mass is 238 g/mol. The summed E-state index contributed by atoms with van der Waals surface area (Å²) in [5.74, 6) is -0.231. The van der Waals surface area contributed by atoms with Crippen LogP contribution in [0.1, 0.15) is 5.69 Å². The standard InChI is InChI=1S/C11H18N4O2/c1-9-11(13-5-4-12-9)15(8-10(16)17)7-6-14(2)3/h4-5H,6-8H2,1-3H3,(H,16,17). The van der Waals surface area contributed by atoms with Gasteiger partial charge in [-0.25, -0.2) is 4.98 Å². The second kappa shape index (κ2) is 6.15. The number of aromatic nitrogens is 2. The lowest BCUT2D eigenvalue weighted by atomic mass is 10.3. The van der Waals surface area contributed by atoms with Gasteiger partial charge in [0.25, 0.3) is 0 Å². The molecule has 0 aromatic carbocycles. The maximum absolute atomic E-state index is 10.8. The lowest BCUT2D eigenvalue weighted by Gasteiger charge is -2.24. The van der Waals surface area contributed by atoms with Crippen LogP contribution in [0.5, 0.6) is 0 Å². The van der Waals surface area contributed by atoms with E-state index in [2.05, 4.69) is 9.97 Å². The lowest BCUT2D eigenvalue weighted by molar-refractivity contribution is -0.135. The number of hydrogen-bond donors (Lipinski definition) is 1. The molecule has 0 radical (unpaired) electrons. The third kappa shape index (κ3) is 4.36. The zero-order valence-corrected chi connectivity index (χ0v) is 10.4. The third-order valence-electron chi connectivity index (χ3n) is 2.30. The highest BCUT2D eigenvalue weighted by molar-refractivity contribution is 5.73. The van der Waals surface area contributed by atoms with Crippen molar-refractivity contribution in [2.75, 3.05) is 38.6 Å². The Morgan fingerprint density at radius 2 is 1.94 bits per heavy atom. The van der Waals surface area contributed by atoms with Gasteiger partial charge in [-0.1, -0.05) is 0 Å². The molecule has 0 saturated heterocycles. The Labute approximate surface area is 101 Å². The summed E-state index contributed by atoms with van der Waals surface area (Å²) in [5.41, 5.74) is 0.743. The van der Waals surface area contributed by atoms with Crippen LogP contribution in [-0.2, 0) is 4.79 Å².